The maximum Gasteiger partial charge on any atom is 0.0959 e. The largest absolute Gasteiger partial charge is 0.307 e. The van der Waals surface area contributed by atoms with Gasteiger partial charge in [0.1, 0.15) is 0 Å². The number of hydrogen-bond donors (Lipinski definition) is 1. The van der Waals surface area contributed by atoms with Crippen LogP contribution in [0.5, 0.6) is 0 Å². The van der Waals surface area contributed by atoms with Gasteiger partial charge < -0.3 is 5.32 Å². The summed E-state index contributed by atoms with van der Waals surface area (Å²) in [5.74, 6) is 0.742. The van der Waals surface area contributed by atoms with Gasteiger partial charge >= 0.3 is 0 Å². The first kappa shape index (κ1) is 11.1. The Labute approximate surface area is 99.4 Å². The average molecular weight is 243 g/mol. The standard InChI is InChI=1S/C11H15ClN2S/c1-8(12)5-13-6-10-7-14-11(15-10)9-3-2-4-9/h7,9,13H,1-6H2. The number of aromatic nitrogens is 1. The molecule has 0 spiro atoms. The van der Waals surface area contributed by atoms with Crippen LogP contribution in [0.2, 0.25) is 0 Å². The third-order valence-electron chi connectivity index (χ3n) is 2.64. The van der Waals surface area contributed by atoms with Crippen LogP contribution in [-0.4, -0.2) is 11.5 Å². The van der Waals surface area contributed by atoms with Gasteiger partial charge in [0.2, 0.25) is 0 Å². The van der Waals surface area contributed by atoms with Gasteiger partial charge in [-0.1, -0.05) is 24.6 Å². The molecule has 1 aliphatic rings. The molecular weight excluding hydrogens is 228 g/mol. The highest BCUT2D eigenvalue weighted by molar-refractivity contribution is 7.11. The third-order valence-corrected chi connectivity index (χ3v) is 3.94. The Morgan fingerprint density at radius 3 is 3.07 bits per heavy atom. The van der Waals surface area contributed by atoms with Gasteiger partial charge in [-0.05, 0) is 12.8 Å². The van der Waals surface area contributed by atoms with Crippen LogP contribution in [0.15, 0.2) is 17.8 Å². The molecule has 1 fully saturated rings. The quantitative estimate of drug-likeness (QED) is 0.858. The van der Waals surface area contributed by atoms with Gasteiger partial charge in [0, 0.05) is 35.1 Å². The highest BCUT2D eigenvalue weighted by Crippen LogP contribution is 2.38. The minimum atomic E-state index is 0.652. The molecule has 1 aromatic rings. The molecule has 1 heterocycles. The first-order valence-corrected chi connectivity index (χ1v) is 6.44. The van der Waals surface area contributed by atoms with E-state index < -0.39 is 0 Å². The zero-order valence-electron chi connectivity index (χ0n) is 8.63. The molecule has 1 aromatic heterocycles. The molecule has 0 aromatic carbocycles. The van der Waals surface area contributed by atoms with Crippen LogP contribution < -0.4 is 5.32 Å². The van der Waals surface area contributed by atoms with E-state index in [0.717, 1.165) is 12.5 Å². The Morgan fingerprint density at radius 1 is 1.67 bits per heavy atom. The molecule has 0 aliphatic heterocycles. The van der Waals surface area contributed by atoms with Gasteiger partial charge in [0.05, 0.1) is 5.01 Å². The second-order valence-electron chi connectivity index (χ2n) is 3.91. The van der Waals surface area contributed by atoms with Crippen molar-refractivity contribution in [3.63, 3.8) is 0 Å². The predicted molar refractivity (Wildman–Crippen MR) is 65.4 cm³/mol. The summed E-state index contributed by atoms with van der Waals surface area (Å²) in [6.07, 6.45) is 5.98. The summed E-state index contributed by atoms with van der Waals surface area (Å²) in [4.78, 5) is 5.75. The first-order valence-electron chi connectivity index (χ1n) is 5.24. The second-order valence-corrected chi connectivity index (χ2v) is 5.59. The Bertz CT molecular complexity index is 344. The van der Waals surface area contributed by atoms with Crippen molar-refractivity contribution in [3.8, 4) is 0 Å². The summed E-state index contributed by atoms with van der Waals surface area (Å²) in [6, 6.07) is 0. The average Bonchev–Trinajstić information content (AvgIpc) is 2.49. The Balaban J connectivity index is 1.81. The molecule has 0 bridgehead atoms. The molecule has 0 atom stereocenters. The van der Waals surface area contributed by atoms with Crippen molar-refractivity contribution in [2.24, 2.45) is 0 Å². The first-order chi connectivity index (χ1) is 7.25. The highest BCUT2D eigenvalue weighted by atomic mass is 35.5. The summed E-state index contributed by atoms with van der Waals surface area (Å²) in [7, 11) is 0. The van der Waals surface area contributed by atoms with Crippen molar-refractivity contribution in [2.75, 3.05) is 6.54 Å². The van der Waals surface area contributed by atoms with Gasteiger partial charge in [-0.3, -0.25) is 0 Å². The van der Waals surface area contributed by atoms with E-state index in [1.54, 1.807) is 0 Å². The lowest BCUT2D eigenvalue weighted by Crippen LogP contribution is -2.13. The van der Waals surface area contributed by atoms with Gasteiger partial charge in [0.15, 0.2) is 0 Å². The lowest BCUT2D eigenvalue weighted by atomic mass is 9.86. The molecule has 2 nitrogen and oxygen atoms in total. The molecule has 2 rings (SSSR count). The maximum absolute atomic E-state index is 5.66. The lowest BCUT2D eigenvalue weighted by molar-refractivity contribution is 0.418. The Hall–Kier alpha value is -0.380. The highest BCUT2D eigenvalue weighted by Gasteiger charge is 2.22. The third kappa shape index (κ3) is 3.03. The summed E-state index contributed by atoms with van der Waals surface area (Å²) in [6.45, 7) is 5.14. The van der Waals surface area contributed by atoms with Gasteiger partial charge in [-0.15, -0.1) is 11.3 Å². The zero-order valence-corrected chi connectivity index (χ0v) is 10.2. The molecule has 1 N–H and O–H groups in total. The van der Waals surface area contributed by atoms with E-state index in [2.05, 4.69) is 16.9 Å². The summed E-state index contributed by atoms with van der Waals surface area (Å²) < 4.78 is 0. The molecule has 0 radical (unpaired) electrons. The van der Waals surface area contributed by atoms with E-state index in [9.17, 15) is 0 Å². The number of nitrogens with zero attached hydrogens (tertiary/aromatic N) is 1. The van der Waals surface area contributed by atoms with E-state index in [4.69, 9.17) is 11.6 Å². The van der Waals surface area contributed by atoms with Gasteiger partial charge in [-0.25, -0.2) is 4.98 Å². The fraction of sp³-hybridized carbons (Fsp3) is 0.545. The van der Waals surface area contributed by atoms with Crippen LogP contribution in [0.1, 0.15) is 35.1 Å². The molecule has 15 heavy (non-hydrogen) atoms. The smallest absolute Gasteiger partial charge is 0.0959 e. The van der Waals surface area contributed by atoms with Crippen molar-refractivity contribution in [3.05, 3.63) is 27.7 Å². The minimum absolute atomic E-state index is 0.652. The SMILES string of the molecule is C=C(Cl)CNCc1cnc(C2CCC2)s1. The molecule has 0 saturated heterocycles. The molecule has 82 valence electrons. The normalized spacial score (nSPS) is 16.3. The summed E-state index contributed by atoms with van der Waals surface area (Å²) in [5, 5.41) is 5.19. The van der Waals surface area contributed by atoms with Crippen LogP contribution in [0.4, 0.5) is 0 Å². The van der Waals surface area contributed by atoms with Crippen molar-refractivity contribution in [1.29, 1.82) is 0 Å². The van der Waals surface area contributed by atoms with Crippen LogP contribution >= 0.6 is 22.9 Å². The number of rotatable bonds is 5. The van der Waals surface area contributed by atoms with E-state index in [-0.39, 0.29) is 0 Å². The molecule has 1 aliphatic carbocycles. The lowest BCUT2D eigenvalue weighted by Gasteiger charge is -2.22. The molecule has 0 unspecified atom stereocenters. The number of halogens is 1. The minimum Gasteiger partial charge on any atom is -0.307 e. The van der Waals surface area contributed by atoms with Crippen molar-refractivity contribution in [1.82, 2.24) is 10.3 Å². The number of nitrogens with one attached hydrogen (secondary N) is 1. The van der Waals surface area contributed by atoms with E-state index in [1.807, 2.05) is 17.5 Å². The molecular formula is C11H15ClN2S. The van der Waals surface area contributed by atoms with Crippen LogP contribution in [0.25, 0.3) is 0 Å². The van der Waals surface area contributed by atoms with Crippen LogP contribution in [0.3, 0.4) is 0 Å². The van der Waals surface area contributed by atoms with E-state index in [1.165, 1.54) is 29.1 Å². The fourth-order valence-electron chi connectivity index (χ4n) is 1.57. The Kier molecular flexibility index (Phi) is 3.78. The number of hydrogen-bond acceptors (Lipinski definition) is 3. The van der Waals surface area contributed by atoms with Crippen molar-refractivity contribution >= 4 is 22.9 Å². The topological polar surface area (TPSA) is 24.9 Å². The molecule has 0 amide bonds. The summed E-state index contributed by atoms with van der Waals surface area (Å²) in [5.41, 5.74) is 0. The maximum atomic E-state index is 5.66. The predicted octanol–water partition coefficient (Wildman–Crippen LogP) is 3.25. The monoisotopic (exact) mass is 242 g/mol. The molecule has 1 saturated carbocycles. The summed E-state index contributed by atoms with van der Waals surface area (Å²) >= 11 is 7.48. The molecule has 4 heteroatoms. The number of thiazole rings is 1. The van der Waals surface area contributed by atoms with Crippen molar-refractivity contribution < 1.29 is 0 Å². The van der Waals surface area contributed by atoms with E-state index in [0.29, 0.717) is 11.6 Å². The fourth-order valence-corrected chi connectivity index (χ4v) is 2.72. The van der Waals surface area contributed by atoms with Gasteiger partial charge in [-0.2, -0.15) is 0 Å². The van der Waals surface area contributed by atoms with Gasteiger partial charge in [0.25, 0.3) is 0 Å². The Morgan fingerprint density at radius 2 is 2.47 bits per heavy atom. The van der Waals surface area contributed by atoms with Crippen LogP contribution in [0, 0.1) is 0 Å². The van der Waals surface area contributed by atoms with Crippen LogP contribution in [-0.2, 0) is 6.54 Å². The zero-order chi connectivity index (χ0) is 10.7. The second kappa shape index (κ2) is 5.10. The van der Waals surface area contributed by atoms with Crippen molar-refractivity contribution in [2.45, 2.75) is 31.7 Å². The van der Waals surface area contributed by atoms with E-state index >= 15 is 0 Å².